The lowest BCUT2D eigenvalue weighted by molar-refractivity contribution is 0.181. The van der Waals surface area contributed by atoms with Gasteiger partial charge in [-0.05, 0) is 41.3 Å². The third kappa shape index (κ3) is 2.67. The maximum absolute atomic E-state index is 13.6. The lowest BCUT2D eigenvalue weighted by atomic mass is 10.1. The van der Waals surface area contributed by atoms with Crippen molar-refractivity contribution in [3.8, 4) is 0 Å². The fraction of sp³-hybridized carbons (Fsp3) is 0.143. The minimum atomic E-state index is -0.697. The molecule has 0 aliphatic rings. The molecule has 1 nitrogen and oxygen atoms in total. The van der Waals surface area contributed by atoms with E-state index in [-0.39, 0.29) is 12.2 Å². The van der Waals surface area contributed by atoms with Crippen molar-refractivity contribution in [1.82, 2.24) is 0 Å². The normalized spacial score (nSPS) is 13.0. The van der Waals surface area contributed by atoms with Crippen LogP contribution in [0.4, 0.5) is 4.39 Å². The maximum atomic E-state index is 13.6. The molecule has 5 heteroatoms. The Morgan fingerprint density at radius 1 is 1.21 bits per heavy atom. The topological polar surface area (TPSA) is 20.2 Å². The predicted octanol–water partition coefficient (Wildman–Crippen LogP) is 5.03. The van der Waals surface area contributed by atoms with E-state index in [1.165, 1.54) is 12.1 Å². The summed E-state index contributed by atoms with van der Waals surface area (Å²) >= 11 is 9.04. The first kappa shape index (κ1) is 13.1. The van der Waals surface area contributed by atoms with Crippen molar-refractivity contribution in [1.29, 1.82) is 0 Å². The lowest BCUT2D eigenvalue weighted by Crippen LogP contribution is -2.01. The minimum absolute atomic E-state index is 0.236. The van der Waals surface area contributed by atoms with Crippen LogP contribution in [0.2, 0.25) is 5.02 Å². The zero-order valence-corrected chi connectivity index (χ0v) is 12.2. The molecular formula is C14H10ClFOS2. The van der Waals surface area contributed by atoms with E-state index < -0.39 is 6.10 Å². The fourth-order valence-electron chi connectivity index (χ4n) is 1.96. The van der Waals surface area contributed by atoms with Crippen LogP contribution in [0.5, 0.6) is 0 Å². The van der Waals surface area contributed by atoms with Crippen molar-refractivity contribution in [3.05, 3.63) is 57.0 Å². The van der Waals surface area contributed by atoms with Crippen molar-refractivity contribution in [2.24, 2.45) is 0 Å². The number of thiophene rings is 2. The van der Waals surface area contributed by atoms with Gasteiger partial charge >= 0.3 is 0 Å². The molecule has 0 amide bonds. The van der Waals surface area contributed by atoms with Gasteiger partial charge in [-0.25, -0.2) is 4.39 Å². The fourth-order valence-corrected chi connectivity index (χ4v) is 4.26. The molecule has 19 heavy (non-hydrogen) atoms. The van der Waals surface area contributed by atoms with E-state index in [9.17, 15) is 9.50 Å². The van der Waals surface area contributed by atoms with Crippen molar-refractivity contribution in [2.45, 2.75) is 12.5 Å². The molecule has 98 valence electrons. The third-order valence-corrected chi connectivity index (χ3v) is 5.34. The highest BCUT2D eigenvalue weighted by Gasteiger charge is 2.15. The van der Waals surface area contributed by atoms with Gasteiger partial charge in [-0.15, -0.1) is 22.7 Å². The molecule has 0 spiro atoms. The average molecular weight is 313 g/mol. The van der Waals surface area contributed by atoms with E-state index in [1.807, 2.05) is 17.5 Å². The Labute approximate surface area is 122 Å². The number of hydrogen-bond donors (Lipinski definition) is 1. The summed E-state index contributed by atoms with van der Waals surface area (Å²) in [5.74, 6) is -0.332. The number of benzene rings is 1. The summed E-state index contributed by atoms with van der Waals surface area (Å²) in [4.78, 5) is 0.862. The Hall–Kier alpha value is -0.940. The van der Waals surface area contributed by atoms with E-state index in [2.05, 4.69) is 0 Å². The predicted molar refractivity (Wildman–Crippen MR) is 79.8 cm³/mol. The molecule has 0 bridgehead atoms. The van der Waals surface area contributed by atoms with Crippen LogP contribution in [-0.2, 0) is 6.42 Å². The molecule has 2 heterocycles. The first-order chi connectivity index (χ1) is 9.13. The number of rotatable bonds is 3. The van der Waals surface area contributed by atoms with Crippen molar-refractivity contribution < 1.29 is 9.50 Å². The number of halogens is 2. The second-order valence-corrected chi connectivity index (χ2v) is 6.75. The number of aliphatic hydroxyl groups excluding tert-OH is 1. The van der Waals surface area contributed by atoms with Crippen molar-refractivity contribution in [3.63, 3.8) is 0 Å². The van der Waals surface area contributed by atoms with E-state index in [0.29, 0.717) is 10.6 Å². The summed E-state index contributed by atoms with van der Waals surface area (Å²) < 4.78 is 15.9. The van der Waals surface area contributed by atoms with E-state index in [1.54, 1.807) is 28.7 Å². The highest BCUT2D eigenvalue weighted by Crippen LogP contribution is 2.34. The van der Waals surface area contributed by atoms with Crippen molar-refractivity contribution >= 4 is 43.7 Å². The van der Waals surface area contributed by atoms with Crippen LogP contribution < -0.4 is 0 Å². The molecule has 0 saturated carbocycles. The van der Waals surface area contributed by atoms with Crippen LogP contribution in [0.3, 0.4) is 0 Å². The second kappa shape index (κ2) is 5.21. The molecule has 1 atom stereocenters. The van der Waals surface area contributed by atoms with Crippen molar-refractivity contribution in [2.75, 3.05) is 0 Å². The van der Waals surface area contributed by atoms with Crippen LogP contribution >= 0.6 is 34.3 Å². The van der Waals surface area contributed by atoms with E-state index >= 15 is 0 Å². The van der Waals surface area contributed by atoms with Gasteiger partial charge in [-0.3, -0.25) is 0 Å². The van der Waals surface area contributed by atoms with Gasteiger partial charge in [0.25, 0.3) is 0 Å². The van der Waals surface area contributed by atoms with E-state index in [0.717, 1.165) is 14.3 Å². The Morgan fingerprint density at radius 3 is 2.84 bits per heavy atom. The summed E-state index contributed by atoms with van der Waals surface area (Å²) in [5.41, 5.74) is 0.441. The quantitative estimate of drug-likeness (QED) is 0.719. The molecule has 0 radical (unpaired) electrons. The van der Waals surface area contributed by atoms with E-state index in [4.69, 9.17) is 11.6 Å². The van der Waals surface area contributed by atoms with Crippen LogP contribution in [-0.4, -0.2) is 5.11 Å². The molecule has 0 saturated heterocycles. The lowest BCUT2D eigenvalue weighted by Gasteiger charge is -2.09. The molecular weight excluding hydrogens is 303 g/mol. The van der Waals surface area contributed by atoms with Gasteiger partial charge in [-0.2, -0.15) is 0 Å². The minimum Gasteiger partial charge on any atom is -0.387 e. The Morgan fingerprint density at radius 2 is 2.05 bits per heavy atom. The zero-order chi connectivity index (χ0) is 13.4. The van der Waals surface area contributed by atoms with Gasteiger partial charge in [0.1, 0.15) is 5.82 Å². The van der Waals surface area contributed by atoms with Crippen LogP contribution in [0, 0.1) is 5.82 Å². The highest BCUT2D eigenvalue weighted by molar-refractivity contribution is 7.26. The molecule has 0 fully saturated rings. The molecule has 1 N–H and O–H groups in total. The van der Waals surface area contributed by atoms with Gasteiger partial charge in [0.15, 0.2) is 0 Å². The van der Waals surface area contributed by atoms with Gasteiger partial charge in [-0.1, -0.05) is 11.6 Å². The average Bonchev–Trinajstić information content (AvgIpc) is 2.94. The molecule has 1 unspecified atom stereocenters. The molecule has 3 aromatic rings. The molecule has 0 aliphatic carbocycles. The summed E-state index contributed by atoms with van der Waals surface area (Å²) in [5, 5.41) is 12.7. The molecule has 2 aromatic heterocycles. The molecule has 3 rings (SSSR count). The maximum Gasteiger partial charge on any atom is 0.126 e. The van der Waals surface area contributed by atoms with Gasteiger partial charge in [0.2, 0.25) is 0 Å². The second-order valence-electron chi connectivity index (χ2n) is 4.25. The van der Waals surface area contributed by atoms with Crippen LogP contribution in [0.1, 0.15) is 16.5 Å². The molecule has 0 aliphatic heterocycles. The van der Waals surface area contributed by atoms with Gasteiger partial charge in [0.05, 0.1) is 6.10 Å². The first-order valence-electron chi connectivity index (χ1n) is 5.72. The Kier molecular flexibility index (Phi) is 3.58. The van der Waals surface area contributed by atoms with Gasteiger partial charge < -0.3 is 5.11 Å². The number of fused-ring (bicyclic) bond motifs is 1. The van der Waals surface area contributed by atoms with Gasteiger partial charge in [0, 0.05) is 25.7 Å². The largest absolute Gasteiger partial charge is 0.387 e. The van der Waals surface area contributed by atoms with Crippen LogP contribution in [0.15, 0.2) is 35.7 Å². The third-order valence-electron chi connectivity index (χ3n) is 2.91. The zero-order valence-electron chi connectivity index (χ0n) is 9.77. The van der Waals surface area contributed by atoms with Crippen LogP contribution in [0.25, 0.3) is 9.40 Å². The SMILES string of the molecule is OC(Cc1cc(Cl)ccc1F)c1cc2sccc2s1. The standard InChI is InChI=1S/C14H10ClFOS2/c15-9-1-2-10(16)8(5-9)6-11(17)13-7-14-12(19-13)3-4-18-14/h1-5,7,11,17H,6H2. The number of aliphatic hydroxyl groups is 1. The highest BCUT2D eigenvalue weighted by atomic mass is 35.5. The monoisotopic (exact) mass is 312 g/mol. The molecule has 1 aromatic carbocycles. The summed E-state index contributed by atoms with van der Waals surface area (Å²) in [6.07, 6.45) is -0.460. The smallest absolute Gasteiger partial charge is 0.126 e. The Balaban J connectivity index is 1.86. The Bertz CT molecular complexity index is 691. The summed E-state index contributed by atoms with van der Waals surface area (Å²) in [6.45, 7) is 0. The number of hydrogen-bond acceptors (Lipinski definition) is 3. The summed E-state index contributed by atoms with van der Waals surface area (Å²) in [6, 6.07) is 8.40. The first-order valence-corrected chi connectivity index (χ1v) is 7.80. The summed E-state index contributed by atoms with van der Waals surface area (Å²) in [7, 11) is 0.